The standard InChI is InChI=1S/C18H24ClN3O3S/c1-7-22(26(24,25)17-14(5)20-21(6)18(17)19)16(23)10-15-12(3)8-11(2)9-13(15)4/h8-9H,7,10H2,1-6H3. The highest BCUT2D eigenvalue weighted by Gasteiger charge is 2.34. The van der Waals surface area contributed by atoms with E-state index in [-0.39, 0.29) is 28.7 Å². The van der Waals surface area contributed by atoms with Crippen LogP contribution in [0.1, 0.15) is 34.9 Å². The largest absolute Gasteiger partial charge is 0.273 e. The number of halogens is 1. The number of rotatable bonds is 5. The number of nitrogens with zero attached hydrogens (tertiary/aromatic N) is 3. The quantitative estimate of drug-likeness (QED) is 0.777. The van der Waals surface area contributed by atoms with Gasteiger partial charge in [0.1, 0.15) is 10.0 Å². The fourth-order valence-corrected chi connectivity index (χ4v) is 5.34. The second kappa shape index (κ2) is 7.40. The van der Waals surface area contributed by atoms with Crippen LogP contribution in [0, 0.1) is 27.7 Å². The SMILES string of the molecule is CCN(C(=O)Cc1c(C)cc(C)cc1C)S(=O)(=O)c1c(C)nn(C)c1Cl. The van der Waals surface area contributed by atoms with Crippen LogP contribution in [0.5, 0.6) is 0 Å². The second-order valence-electron chi connectivity index (χ2n) is 6.45. The molecule has 0 aliphatic carbocycles. The first-order valence-corrected chi connectivity index (χ1v) is 10.1. The summed E-state index contributed by atoms with van der Waals surface area (Å²) in [5.41, 5.74) is 4.17. The van der Waals surface area contributed by atoms with Gasteiger partial charge in [0.25, 0.3) is 10.0 Å². The zero-order valence-corrected chi connectivity index (χ0v) is 17.5. The van der Waals surface area contributed by atoms with Crippen LogP contribution in [0.4, 0.5) is 0 Å². The molecule has 1 amide bonds. The second-order valence-corrected chi connectivity index (χ2v) is 8.60. The first-order chi connectivity index (χ1) is 12.0. The van der Waals surface area contributed by atoms with Gasteiger partial charge in [-0.1, -0.05) is 29.3 Å². The van der Waals surface area contributed by atoms with Gasteiger partial charge in [-0.05, 0) is 51.3 Å². The molecule has 2 rings (SSSR count). The number of benzene rings is 1. The van der Waals surface area contributed by atoms with Crippen LogP contribution in [-0.2, 0) is 28.3 Å². The van der Waals surface area contributed by atoms with Gasteiger partial charge in [-0.25, -0.2) is 12.7 Å². The van der Waals surface area contributed by atoms with E-state index in [0.29, 0.717) is 0 Å². The van der Waals surface area contributed by atoms with Crippen molar-refractivity contribution in [3.05, 3.63) is 45.2 Å². The van der Waals surface area contributed by atoms with E-state index in [9.17, 15) is 13.2 Å². The Balaban J connectivity index is 2.43. The lowest BCUT2D eigenvalue weighted by Gasteiger charge is -2.22. The normalized spacial score (nSPS) is 11.7. The molecule has 142 valence electrons. The fraction of sp³-hybridized carbons (Fsp3) is 0.444. The summed E-state index contributed by atoms with van der Waals surface area (Å²) in [4.78, 5) is 12.7. The van der Waals surface area contributed by atoms with E-state index >= 15 is 0 Å². The predicted octanol–water partition coefficient (Wildman–Crippen LogP) is 3.09. The van der Waals surface area contributed by atoms with Gasteiger partial charge in [-0.3, -0.25) is 9.48 Å². The van der Waals surface area contributed by atoms with E-state index in [0.717, 1.165) is 26.6 Å². The molecule has 8 heteroatoms. The lowest BCUT2D eigenvalue weighted by molar-refractivity contribution is -0.125. The molecule has 0 N–H and O–H groups in total. The van der Waals surface area contributed by atoms with Gasteiger partial charge in [0.15, 0.2) is 0 Å². The van der Waals surface area contributed by atoms with Crippen LogP contribution in [0.25, 0.3) is 0 Å². The Labute approximate surface area is 159 Å². The van der Waals surface area contributed by atoms with Crippen molar-refractivity contribution < 1.29 is 13.2 Å². The van der Waals surface area contributed by atoms with Gasteiger partial charge >= 0.3 is 0 Å². The van der Waals surface area contributed by atoms with E-state index < -0.39 is 15.9 Å². The Morgan fingerprint density at radius 3 is 2.15 bits per heavy atom. The number of amides is 1. The minimum atomic E-state index is -4.08. The predicted molar refractivity (Wildman–Crippen MR) is 102 cm³/mol. The zero-order valence-electron chi connectivity index (χ0n) is 15.9. The number of hydrogen-bond acceptors (Lipinski definition) is 4. The monoisotopic (exact) mass is 397 g/mol. The Morgan fingerprint density at radius 2 is 1.73 bits per heavy atom. The zero-order chi connectivity index (χ0) is 19.8. The molecule has 0 spiro atoms. The third-order valence-corrected chi connectivity index (χ3v) is 6.97. The smallest absolute Gasteiger partial charge is 0.271 e. The van der Waals surface area contributed by atoms with Gasteiger partial charge in [-0.15, -0.1) is 0 Å². The van der Waals surface area contributed by atoms with Crippen LogP contribution in [0.3, 0.4) is 0 Å². The summed E-state index contributed by atoms with van der Waals surface area (Å²) in [7, 11) is -2.52. The summed E-state index contributed by atoms with van der Waals surface area (Å²) >= 11 is 6.12. The molecule has 1 aromatic carbocycles. The number of aryl methyl sites for hydroxylation is 5. The number of sulfonamides is 1. The Morgan fingerprint density at radius 1 is 1.19 bits per heavy atom. The molecular formula is C18H24ClN3O3S. The molecule has 6 nitrogen and oxygen atoms in total. The van der Waals surface area contributed by atoms with Gasteiger partial charge in [0.05, 0.1) is 12.1 Å². The highest BCUT2D eigenvalue weighted by Crippen LogP contribution is 2.28. The number of carbonyl (C=O) groups excluding carboxylic acids is 1. The van der Waals surface area contributed by atoms with Crippen molar-refractivity contribution >= 4 is 27.5 Å². The summed E-state index contributed by atoms with van der Waals surface area (Å²) in [6.45, 7) is 9.05. The molecule has 1 heterocycles. The van der Waals surface area contributed by atoms with Crippen molar-refractivity contribution in [2.45, 2.75) is 45.9 Å². The number of hydrogen-bond donors (Lipinski definition) is 0. The molecule has 0 saturated heterocycles. The number of likely N-dealkylation sites (N-methyl/N-ethyl adjacent to an activating group) is 1. The summed E-state index contributed by atoms with van der Waals surface area (Å²) in [5.74, 6) is -0.484. The van der Waals surface area contributed by atoms with Crippen molar-refractivity contribution in [3.63, 3.8) is 0 Å². The number of carbonyl (C=O) groups is 1. The third kappa shape index (κ3) is 3.64. The summed E-state index contributed by atoms with van der Waals surface area (Å²) < 4.78 is 28.2. The summed E-state index contributed by atoms with van der Waals surface area (Å²) in [6, 6.07) is 3.98. The first-order valence-electron chi connectivity index (χ1n) is 8.32. The number of aromatic nitrogens is 2. The third-order valence-electron chi connectivity index (χ3n) is 4.38. The maximum Gasteiger partial charge on any atom is 0.271 e. The lowest BCUT2D eigenvalue weighted by Crippen LogP contribution is -2.38. The molecule has 0 atom stereocenters. The average Bonchev–Trinajstić information content (AvgIpc) is 2.76. The minimum Gasteiger partial charge on any atom is -0.273 e. The van der Waals surface area contributed by atoms with Crippen LogP contribution >= 0.6 is 11.6 Å². The van der Waals surface area contributed by atoms with Crippen molar-refractivity contribution in [3.8, 4) is 0 Å². The highest BCUT2D eigenvalue weighted by atomic mass is 35.5. The summed E-state index contributed by atoms with van der Waals surface area (Å²) in [6.07, 6.45) is 0.0158. The van der Waals surface area contributed by atoms with E-state index in [2.05, 4.69) is 5.10 Å². The fourth-order valence-electron chi connectivity index (χ4n) is 3.22. The molecule has 26 heavy (non-hydrogen) atoms. The molecule has 0 saturated carbocycles. The van der Waals surface area contributed by atoms with E-state index in [1.54, 1.807) is 20.9 Å². The van der Waals surface area contributed by atoms with Gasteiger partial charge in [-0.2, -0.15) is 5.10 Å². The highest BCUT2D eigenvalue weighted by molar-refractivity contribution is 7.89. The van der Waals surface area contributed by atoms with E-state index in [4.69, 9.17) is 11.6 Å². The van der Waals surface area contributed by atoms with E-state index in [1.165, 1.54) is 4.68 Å². The Hall–Kier alpha value is -1.86. The van der Waals surface area contributed by atoms with Gasteiger partial charge < -0.3 is 0 Å². The minimum absolute atomic E-state index is 0.00329. The molecule has 0 unspecified atom stereocenters. The molecule has 0 fully saturated rings. The van der Waals surface area contributed by atoms with Crippen LogP contribution < -0.4 is 0 Å². The molecule has 0 bridgehead atoms. The maximum atomic E-state index is 13.0. The van der Waals surface area contributed by atoms with Crippen LogP contribution in [0.2, 0.25) is 5.15 Å². The van der Waals surface area contributed by atoms with Crippen molar-refractivity contribution in [2.75, 3.05) is 6.54 Å². The average molecular weight is 398 g/mol. The lowest BCUT2D eigenvalue weighted by atomic mass is 9.97. The molecule has 0 radical (unpaired) electrons. The van der Waals surface area contributed by atoms with Crippen molar-refractivity contribution in [1.29, 1.82) is 0 Å². The molecule has 1 aromatic heterocycles. The van der Waals surface area contributed by atoms with E-state index in [1.807, 2.05) is 32.9 Å². The van der Waals surface area contributed by atoms with Gasteiger partial charge in [0.2, 0.25) is 5.91 Å². The van der Waals surface area contributed by atoms with Crippen LogP contribution in [0.15, 0.2) is 17.0 Å². The summed E-state index contributed by atoms with van der Waals surface area (Å²) in [5, 5.41) is 4.04. The molecule has 0 aliphatic heterocycles. The molecule has 0 aliphatic rings. The molecular weight excluding hydrogens is 374 g/mol. The Kier molecular flexibility index (Phi) is 5.82. The Bertz CT molecular complexity index is 941. The van der Waals surface area contributed by atoms with Gasteiger partial charge in [0, 0.05) is 13.6 Å². The van der Waals surface area contributed by atoms with Crippen molar-refractivity contribution in [1.82, 2.24) is 14.1 Å². The van der Waals surface area contributed by atoms with Crippen LogP contribution in [-0.4, -0.2) is 35.0 Å². The maximum absolute atomic E-state index is 13.0. The first kappa shape index (κ1) is 20.5. The molecule has 2 aromatic rings. The van der Waals surface area contributed by atoms with Crippen molar-refractivity contribution in [2.24, 2.45) is 7.05 Å². The topological polar surface area (TPSA) is 72.3 Å².